The SMILES string of the molecule is CCC(C)(C)C(=O)NC(C[N+](C)(C)C)C[N+](C)(C)C. The number of nitrogens with one attached hydrogen (secondary N) is 1. The highest BCUT2D eigenvalue weighted by Gasteiger charge is 2.31. The minimum Gasteiger partial charge on any atom is -0.342 e. The first kappa shape index (κ1) is 18.4. The van der Waals surface area contributed by atoms with Crippen molar-refractivity contribution >= 4 is 5.91 Å². The van der Waals surface area contributed by atoms with Crippen LogP contribution in [0.3, 0.4) is 0 Å². The maximum atomic E-state index is 12.4. The number of nitrogens with zero attached hydrogens (tertiary/aromatic N) is 2. The van der Waals surface area contributed by atoms with Crippen molar-refractivity contribution in [3.8, 4) is 0 Å². The highest BCUT2D eigenvalue weighted by atomic mass is 16.2. The molecule has 0 aliphatic carbocycles. The minimum absolute atomic E-state index is 0.168. The van der Waals surface area contributed by atoms with E-state index in [9.17, 15) is 4.79 Å². The van der Waals surface area contributed by atoms with Crippen LogP contribution in [0.25, 0.3) is 0 Å². The largest absolute Gasteiger partial charge is 0.342 e. The smallest absolute Gasteiger partial charge is 0.226 e. The molecular weight excluding hydrogens is 238 g/mol. The lowest BCUT2D eigenvalue weighted by atomic mass is 9.89. The van der Waals surface area contributed by atoms with Gasteiger partial charge >= 0.3 is 0 Å². The van der Waals surface area contributed by atoms with Gasteiger partial charge in [-0.1, -0.05) is 20.8 Å². The van der Waals surface area contributed by atoms with Gasteiger partial charge in [-0.05, 0) is 6.42 Å². The first-order valence-electron chi connectivity index (χ1n) is 7.19. The second-order valence-corrected chi connectivity index (χ2v) is 8.35. The van der Waals surface area contributed by atoms with E-state index in [1.807, 2.05) is 13.8 Å². The van der Waals surface area contributed by atoms with Gasteiger partial charge < -0.3 is 14.3 Å². The Morgan fingerprint density at radius 1 is 1.00 bits per heavy atom. The third-order valence-corrected chi connectivity index (χ3v) is 3.37. The summed E-state index contributed by atoms with van der Waals surface area (Å²) in [4.78, 5) is 12.4. The van der Waals surface area contributed by atoms with Crippen LogP contribution in [0, 0.1) is 5.41 Å². The minimum atomic E-state index is -0.284. The lowest BCUT2D eigenvalue weighted by Gasteiger charge is -2.35. The highest BCUT2D eigenvalue weighted by Crippen LogP contribution is 2.20. The van der Waals surface area contributed by atoms with Crippen LogP contribution in [0.4, 0.5) is 0 Å². The molecule has 114 valence electrons. The number of hydrogen-bond donors (Lipinski definition) is 1. The van der Waals surface area contributed by atoms with Crippen molar-refractivity contribution in [2.24, 2.45) is 5.41 Å². The van der Waals surface area contributed by atoms with Gasteiger partial charge in [0.2, 0.25) is 5.91 Å². The first-order chi connectivity index (χ1) is 8.27. The van der Waals surface area contributed by atoms with E-state index in [2.05, 4.69) is 54.5 Å². The van der Waals surface area contributed by atoms with Crippen molar-refractivity contribution in [3.05, 3.63) is 0 Å². The molecule has 0 rings (SSSR count). The first-order valence-corrected chi connectivity index (χ1v) is 7.19. The van der Waals surface area contributed by atoms with E-state index in [0.29, 0.717) is 0 Å². The van der Waals surface area contributed by atoms with E-state index >= 15 is 0 Å². The van der Waals surface area contributed by atoms with Crippen molar-refractivity contribution in [1.29, 1.82) is 0 Å². The van der Waals surface area contributed by atoms with Gasteiger partial charge in [-0.3, -0.25) is 4.79 Å². The molecule has 4 heteroatoms. The highest BCUT2D eigenvalue weighted by molar-refractivity contribution is 5.82. The summed E-state index contributed by atoms with van der Waals surface area (Å²) in [5.41, 5.74) is -0.284. The van der Waals surface area contributed by atoms with Crippen LogP contribution in [-0.2, 0) is 4.79 Å². The van der Waals surface area contributed by atoms with Gasteiger partial charge in [0.15, 0.2) is 0 Å². The Balaban J connectivity index is 4.82. The second-order valence-electron chi connectivity index (χ2n) is 8.35. The van der Waals surface area contributed by atoms with E-state index in [-0.39, 0.29) is 17.4 Å². The molecule has 1 amide bonds. The summed E-state index contributed by atoms with van der Waals surface area (Å²) in [5, 5.41) is 3.25. The van der Waals surface area contributed by atoms with E-state index in [1.54, 1.807) is 0 Å². The zero-order valence-corrected chi connectivity index (χ0v) is 14.5. The van der Waals surface area contributed by atoms with Gasteiger partial charge in [-0.25, -0.2) is 0 Å². The molecule has 4 nitrogen and oxygen atoms in total. The molecule has 0 aromatic heterocycles. The summed E-state index contributed by atoms with van der Waals surface area (Å²) in [5.74, 6) is 0.168. The number of likely N-dealkylation sites (N-methyl/N-ethyl adjacent to an activating group) is 2. The Kier molecular flexibility index (Phi) is 6.03. The van der Waals surface area contributed by atoms with E-state index in [0.717, 1.165) is 28.5 Å². The van der Waals surface area contributed by atoms with Gasteiger partial charge in [-0.2, -0.15) is 0 Å². The van der Waals surface area contributed by atoms with Gasteiger partial charge in [-0.15, -0.1) is 0 Å². The van der Waals surface area contributed by atoms with Gasteiger partial charge in [0.1, 0.15) is 19.1 Å². The van der Waals surface area contributed by atoms with Crippen molar-refractivity contribution in [1.82, 2.24) is 5.32 Å². The topological polar surface area (TPSA) is 29.1 Å². The Morgan fingerprint density at radius 3 is 1.63 bits per heavy atom. The van der Waals surface area contributed by atoms with Crippen LogP contribution < -0.4 is 5.32 Å². The quantitative estimate of drug-likeness (QED) is 0.697. The Labute approximate surface area is 119 Å². The number of quaternary nitrogens is 2. The maximum absolute atomic E-state index is 12.4. The summed E-state index contributed by atoms with van der Waals surface area (Å²) >= 11 is 0. The molecule has 0 unspecified atom stereocenters. The third kappa shape index (κ3) is 8.22. The zero-order chi connectivity index (χ0) is 15.5. The summed E-state index contributed by atoms with van der Waals surface area (Å²) < 4.78 is 1.72. The fraction of sp³-hybridized carbons (Fsp3) is 0.933. The van der Waals surface area contributed by atoms with Gasteiger partial charge in [0, 0.05) is 5.41 Å². The molecule has 0 atom stereocenters. The summed E-state index contributed by atoms with van der Waals surface area (Å²) in [7, 11) is 13.0. The molecule has 0 aliphatic heterocycles. The fourth-order valence-electron chi connectivity index (χ4n) is 2.01. The van der Waals surface area contributed by atoms with E-state index in [4.69, 9.17) is 0 Å². The van der Waals surface area contributed by atoms with Crippen LogP contribution >= 0.6 is 0 Å². The molecule has 0 bridgehead atoms. The molecule has 0 saturated carbocycles. The monoisotopic (exact) mass is 273 g/mol. The van der Waals surface area contributed by atoms with Crippen molar-refractivity contribution in [2.75, 3.05) is 55.4 Å². The van der Waals surface area contributed by atoms with Crippen molar-refractivity contribution in [2.45, 2.75) is 33.2 Å². The van der Waals surface area contributed by atoms with Crippen LogP contribution in [0.15, 0.2) is 0 Å². The molecule has 0 heterocycles. The lowest BCUT2D eigenvalue weighted by Crippen LogP contribution is -2.57. The summed E-state index contributed by atoms with van der Waals surface area (Å²) in [6.07, 6.45) is 0.861. The van der Waals surface area contributed by atoms with Crippen LogP contribution in [-0.4, -0.2) is 76.3 Å². The number of amides is 1. The fourth-order valence-corrected chi connectivity index (χ4v) is 2.01. The predicted molar refractivity (Wildman–Crippen MR) is 81.8 cm³/mol. The second kappa shape index (κ2) is 6.23. The van der Waals surface area contributed by atoms with Crippen molar-refractivity contribution in [3.63, 3.8) is 0 Å². The van der Waals surface area contributed by atoms with Gasteiger partial charge in [0.25, 0.3) is 0 Å². The number of hydrogen-bond acceptors (Lipinski definition) is 1. The molecule has 0 spiro atoms. The predicted octanol–water partition coefficient (Wildman–Crippen LogP) is 1.32. The molecule has 0 saturated heterocycles. The Bertz CT molecular complexity index is 281. The third-order valence-electron chi connectivity index (χ3n) is 3.37. The maximum Gasteiger partial charge on any atom is 0.226 e. The molecule has 0 aromatic rings. The molecular formula is C15H35N3O+2. The normalized spacial score (nSPS) is 13.8. The number of carbonyl (C=O) groups excluding carboxylic acids is 1. The zero-order valence-electron chi connectivity index (χ0n) is 14.5. The van der Waals surface area contributed by atoms with Crippen LogP contribution in [0.2, 0.25) is 0 Å². The standard InChI is InChI=1S/C15H34N3O/c1-10-15(2,3)14(19)16-13(11-17(4,5)6)12-18(7,8)9/h13H,10-12H2,1-9H3/q+1/p+1. The number of rotatable bonds is 7. The Hall–Kier alpha value is -0.610. The summed E-state index contributed by atoms with van der Waals surface area (Å²) in [6, 6.07) is 0.207. The molecule has 1 N–H and O–H groups in total. The molecule has 0 aliphatic rings. The van der Waals surface area contributed by atoms with E-state index < -0.39 is 0 Å². The average molecular weight is 273 g/mol. The molecule has 19 heavy (non-hydrogen) atoms. The average Bonchev–Trinajstić information content (AvgIpc) is 2.11. The Morgan fingerprint density at radius 2 is 1.37 bits per heavy atom. The van der Waals surface area contributed by atoms with Crippen molar-refractivity contribution < 1.29 is 13.8 Å². The van der Waals surface area contributed by atoms with Crippen LogP contribution in [0.1, 0.15) is 27.2 Å². The lowest BCUT2D eigenvalue weighted by molar-refractivity contribution is -0.891. The van der Waals surface area contributed by atoms with E-state index in [1.165, 1.54) is 0 Å². The molecule has 0 aromatic carbocycles. The van der Waals surface area contributed by atoms with Gasteiger partial charge in [0.05, 0.1) is 42.3 Å². The van der Waals surface area contributed by atoms with Crippen LogP contribution in [0.5, 0.6) is 0 Å². The number of carbonyl (C=O) groups is 1. The molecule has 0 fully saturated rings. The molecule has 0 radical (unpaired) electrons. The summed E-state index contributed by atoms with van der Waals surface area (Å²) in [6.45, 7) is 7.98.